The van der Waals surface area contributed by atoms with Gasteiger partial charge >= 0.3 is 6.03 Å². The zero-order valence-corrected chi connectivity index (χ0v) is 14.6. The molecule has 1 fully saturated rings. The molecule has 7 nitrogen and oxygen atoms in total. The minimum absolute atomic E-state index is 0.108. The Balaban J connectivity index is 1.61. The Hall–Kier alpha value is -3.61. The van der Waals surface area contributed by atoms with Crippen LogP contribution in [0.25, 0.3) is 5.69 Å². The summed E-state index contributed by atoms with van der Waals surface area (Å²) < 4.78 is 1.72. The second-order valence-electron chi connectivity index (χ2n) is 6.40. The molecular formula is C20H18N4O3. The van der Waals surface area contributed by atoms with E-state index in [1.54, 1.807) is 23.0 Å². The van der Waals surface area contributed by atoms with E-state index >= 15 is 0 Å². The number of amides is 3. The van der Waals surface area contributed by atoms with Gasteiger partial charge in [-0.1, -0.05) is 24.3 Å². The number of carbonyl (C=O) groups is 2. The Bertz CT molecular complexity index is 983. The van der Waals surface area contributed by atoms with Gasteiger partial charge in [0.2, 0.25) is 0 Å². The summed E-state index contributed by atoms with van der Waals surface area (Å²) in [6.45, 7) is 1.82. The van der Waals surface area contributed by atoms with E-state index in [0.29, 0.717) is 5.56 Å². The van der Waals surface area contributed by atoms with Crippen molar-refractivity contribution in [3.8, 4) is 11.4 Å². The number of imide groups is 1. The van der Waals surface area contributed by atoms with Gasteiger partial charge in [-0.15, -0.1) is 0 Å². The molecule has 0 bridgehead atoms. The monoisotopic (exact) mass is 362 g/mol. The fraction of sp³-hybridized carbons (Fsp3) is 0.150. The van der Waals surface area contributed by atoms with Gasteiger partial charge in [-0.05, 0) is 48.4 Å². The van der Waals surface area contributed by atoms with Crippen LogP contribution in [0.4, 0.5) is 4.79 Å². The zero-order valence-electron chi connectivity index (χ0n) is 14.6. The summed E-state index contributed by atoms with van der Waals surface area (Å²) >= 11 is 0. The molecule has 3 aromatic rings. The summed E-state index contributed by atoms with van der Waals surface area (Å²) in [5, 5.41) is 16.4. The van der Waals surface area contributed by atoms with E-state index in [-0.39, 0.29) is 11.7 Å². The highest BCUT2D eigenvalue weighted by Crippen LogP contribution is 2.31. The van der Waals surface area contributed by atoms with Gasteiger partial charge in [-0.3, -0.25) is 9.69 Å². The molecule has 27 heavy (non-hydrogen) atoms. The van der Waals surface area contributed by atoms with Crippen LogP contribution in [0.5, 0.6) is 5.75 Å². The number of nitrogens with zero attached hydrogens (tertiary/aromatic N) is 3. The van der Waals surface area contributed by atoms with Crippen molar-refractivity contribution in [2.24, 2.45) is 0 Å². The number of carbonyl (C=O) groups excluding carboxylic acids is 2. The van der Waals surface area contributed by atoms with Gasteiger partial charge in [0.05, 0.1) is 11.7 Å². The number of phenolic OH excluding ortho intramolecular Hbond substituents is 1. The van der Waals surface area contributed by atoms with E-state index < -0.39 is 18.1 Å². The highest BCUT2D eigenvalue weighted by Gasteiger charge is 2.41. The molecule has 1 saturated heterocycles. The molecule has 2 unspecified atom stereocenters. The van der Waals surface area contributed by atoms with Crippen LogP contribution in [0.15, 0.2) is 67.0 Å². The van der Waals surface area contributed by atoms with Crippen molar-refractivity contribution in [2.75, 3.05) is 0 Å². The minimum atomic E-state index is -0.755. The minimum Gasteiger partial charge on any atom is -0.508 e. The number of hydrogen-bond acceptors (Lipinski definition) is 4. The number of hydrogen-bond donors (Lipinski definition) is 2. The molecule has 0 aliphatic carbocycles. The molecule has 2 aromatic carbocycles. The van der Waals surface area contributed by atoms with Crippen LogP contribution in [0.1, 0.15) is 30.1 Å². The quantitative estimate of drug-likeness (QED) is 0.699. The lowest BCUT2D eigenvalue weighted by Gasteiger charge is -2.22. The molecule has 3 amide bonds. The molecule has 136 valence electrons. The maximum Gasteiger partial charge on any atom is 0.325 e. The molecule has 1 aliphatic rings. The van der Waals surface area contributed by atoms with Gasteiger partial charge in [0.1, 0.15) is 11.8 Å². The third-order valence-electron chi connectivity index (χ3n) is 4.71. The van der Waals surface area contributed by atoms with Gasteiger partial charge in [0.15, 0.2) is 0 Å². The van der Waals surface area contributed by atoms with Gasteiger partial charge in [-0.25, -0.2) is 9.48 Å². The fourth-order valence-corrected chi connectivity index (χ4v) is 3.25. The lowest BCUT2D eigenvalue weighted by atomic mass is 10.0. The fourth-order valence-electron chi connectivity index (χ4n) is 3.25. The first kappa shape index (κ1) is 16.8. The number of urea groups is 1. The summed E-state index contributed by atoms with van der Waals surface area (Å²) in [5.41, 5.74) is 2.32. The lowest BCUT2D eigenvalue weighted by molar-refractivity contribution is -0.129. The van der Waals surface area contributed by atoms with E-state index in [1.165, 1.54) is 17.0 Å². The molecular weight excluding hydrogens is 344 g/mol. The molecule has 2 atom stereocenters. The van der Waals surface area contributed by atoms with E-state index in [4.69, 9.17) is 0 Å². The molecule has 2 heterocycles. The summed E-state index contributed by atoms with van der Waals surface area (Å²) in [4.78, 5) is 26.6. The normalized spacial score (nSPS) is 17.8. The number of aromatic nitrogens is 2. The smallest absolute Gasteiger partial charge is 0.325 e. The maximum absolute atomic E-state index is 12.9. The van der Waals surface area contributed by atoms with Crippen LogP contribution < -0.4 is 5.32 Å². The molecule has 1 aliphatic heterocycles. The molecule has 0 radical (unpaired) electrons. The van der Waals surface area contributed by atoms with E-state index in [0.717, 1.165) is 11.3 Å². The zero-order chi connectivity index (χ0) is 19.0. The first-order valence-electron chi connectivity index (χ1n) is 8.57. The SMILES string of the molecule is CC(c1cccc(-n2cccn2)c1)N1C(=O)NC(c2ccc(O)cc2)C1=O. The number of aromatic hydroxyl groups is 1. The van der Waals surface area contributed by atoms with Crippen molar-refractivity contribution >= 4 is 11.9 Å². The molecule has 2 N–H and O–H groups in total. The molecule has 0 saturated carbocycles. The Morgan fingerprint density at radius 3 is 2.59 bits per heavy atom. The Kier molecular flexibility index (Phi) is 4.12. The van der Waals surface area contributed by atoms with Crippen LogP contribution >= 0.6 is 0 Å². The van der Waals surface area contributed by atoms with E-state index in [2.05, 4.69) is 10.4 Å². The predicted octanol–water partition coefficient (Wildman–Crippen LogP) is 2.93. The Labute approximate surface area is 155 Å². The number of rotatable bonds is 4. The Morgan fingerprint density at radius 2 is 1.89 bits per heavy atom. The largest absolute Gasteiger partial charge is 0.508 e. The predicted molar refractivity (Wildman–Crippen MR) is 98.2 cm³/mol. The standard InChI is InChI=1S/C20H18N4O3/c1-13(15-4-2-5-16(12-15)23-11-3-10-21-23)24-19(26)18(22-20(24)27)14-6-8-17(25)9-7-14/h2-13,18,25H,1H3,(H,22,27). The van der Waals surface area contributed by atoms with Crippen LogP contribution in [-0.2, 0) is 4.79 Å². The summed E-state index contributed by atoms with van der Waals surface area (Å²) in [6, 6.07) is 14.0. The Morgan fingerprint density at radius 1 is 1.11 bits per heavy atom. The number of phenols is 1. The average Bonchev–Trinajstić information content (AvgIpc) is 3.31. The van der Waals surface area contributed by atoms with Crippen LogP contribution in [0.3, 0.4) is 0 Å². The van der Waals surface area contributed by atoms with Crippen molar-refractivity contribution < 1.29 is 14.7 Å². The first-order chi connectivity index (χ1) is 13.0. The number of nitrogens with one attached hydrogen (secondary N) is 1. The van der Waals surface area contributed by atoms with Gasteiger partial charge in [-0.2, -0.15) is 5.10 Å². The summed E-state index contributed by atoms with van der Waals surface area (Å²) in [7, 11) is 0. The molecule has 0 spiro atoms. The third-order valence-corrected chi connectivity index (χ3v) is 4.71. The number of benzene rings is 2. The summed E-state index contributed by atoms with van der Waals surface area (Å²) in [6.07, 6.45) is 3.52. The van der Waals surface area contributed by atoms with Crippen LogP contribution in [-0.4, -0.2) is 31.7 Å². The van der Waals surface area contributed by atoms with Gasteiger partial charge in [0, 0.05) is 12.4 Å². The second-order valence-corrected chi connectivity index (χ2v) is 6.40. The van der Waals surface area contributed by atoms with Crippen molar-refractivity contribution in [1.29, 1.82) is 0 Å². The summed E-state index contributed by atoms with van der Waals surface area (Å²) in [5.74, 6) is -0.209. The molecule has 1 aromatic heterocycles. The van der Waals surface area contributed by atoms with E-state index in [1.807, 2.05) is 43.5 Å². The highest BCUT2D eigenvalue weighted by atomic mass is 16.3. The van der Waals surface area contributed by atoms with Gasteiger partial charge in [0.25, 0.3) is 5.91 Å². The molecule has 7 heteroatoms. The second kappa shape index (κ2) is 6.60. The third kappa shape index (κ3) is 3.03. The van der Waals surface area contributed by atoms with Crippen molar-refractivity contribution in [3.63, 3.8) is 0 Å². The molecule has 4 rings (SSSR count). The van der Waals surface area contributed by atoms with Crippen molar-refractivity contribution in [2.45, 2.75) is 19.0 Å². The lowest BCUT2D eigenvalue weighted by Crippen LogP contribution is -2.33. The van der Waals surface area contributed by atoms with Crippen molar-refractivity contribution in [1.82, 2.24) is 20.0 Å². The van der Waals surface area contributed by atoms with Crippen molar-refractivity contribution in [3.05, 3.63) is 78.1 Å². The highest BCUT2D eigenvalue weighted by molar-refractivity contribution is 6.05. The van der Waals surface area contributed by atoms with Crippen LogP contribution in [0, 0.1) is 0 Å². The van der Waals surface area contributed by atoms with Crippen LogP contribution in [0.2, 0.25) is 0 Å². The maximum atomic E-state index is 12.9. The van der Waals surface area contributed by atoms with Gasteiger partial charge < -0.3 is 10.4 Å². The van der Waals surface area contributed by atoms with E-state index in [9.17, 15) is 14.7 Å². The topological polar surface area (TPSA) is 87.5 Å². The average molecular weight is 362 g/mol. The first-order valence-corrected chi connectivity index (χ1v) is 8.57.